The lowest BCUT2D eigenvalue weighted by Gasteiger charge is -2.30. The van der Waals surface area contributed by atoms with Gasteiger partial charge < -0.3 is 15.5 Å². The van der Waals surface area contributed by atoms with Gasteiger partial charge in [-0.3, -0.25) is 10.1 Å². The minimum absolute atomic E-state index is 0.0422. The number of non-ortho nitro benzene ring substituents is 1. The van der Waals surface area contributed by atoms with E-state index >= 15 is 0 Å². The predicted octanol–water partition coefficient (Wildman–Crippen LogP) is 2.66. The lowest BCUT2D eigenvalue weighted by atomic mass is 9.92. The molecule has 1 aromatic carbocycles. The Hall–Kier alpha value is -1.86. The third kappa shape index (κ3) is 3.43. The largest absolute Gasteiger partial charge is 0.478 e. The van der Waals surface area contributed by atoms with E-state index in [1.54, 1.807) is 0 Å². The van der Waals surface area contributed by atoms with Crippen molar-refractivity contribution in [3.05, 3.63) is 32.8 Å². The molecule has 2 rings (SSSR count). The number of hydrogen-bond donors (Lipinski definition) is 3. The molecule has 0 bridgehead atoms. The molecule has 1 fully saturated rings. The van der Waals surface area contributed by atoms with Gasteiger partial charge in [0.1, 0.15) is 0 Å². The maximum Gasteiger partial charge on any atom is 0.338 e. The minimum atomic E-state index is -1.31. The number of carboxylic acids is 1. The molecule has 0 saturated heterocycles. The molecular formula is C13H15ClN2O5. The molecular weight excluding hydrogens is 300 g/mol. The fourth-order valence-electron chi connectivity index (χ4n) is 2.48. The van der Waals surface area contributed by atoms with Gasteiger partial charge in [0.25, 0.3) is 5.69 Å². The predicted molar refractivity (Wildman–Crippen MR) is 77.0 cm³/mol. The number of aliphatic hydroxyl groups excluding tert-OH is 1. The van der Waals surface area contributed by atoms with Gasteiger partial charge in [-0.25, -0.2) is 4.79 Å². The van der Waals surface area contributed by atoms with Crippen LogP contribution in [-0.2, 0) is 0 Å². The Kier molecular flexibility index (Phi) is 4.64. The summed E-state index contributed by atoms with van der Waals surface area (Å²) >= 11 is 5.98. The lowest BCUT2D eigenvalue weighted by Crippen LogP contribution is -2.36. The van der Waals surface area contributed by atoms with Crippen LogP contribution in [0.5, 0.6) is 0 Å². The number of nitro benzene ring substituents is 1. The number of nitrogens with one attached hydrogen (secondary N) is 1. The lowest BCUT2D eigenvalue weighted by molar-refractivity contribution is -0.384. The van der Waals surface area contributed by atoms with Crippen molar-refractivity contribution in [1.29, 1.82) is 0 Å². The highest BCUT2D eigenvalue weighted by molar-refractivity contribution is 6.34. The van der Waals surface area contributed by atoms with Crippen LogP contribution in [0, 0.1) is 10.1 Å². The number of aromatic carboxylic acids is 1. The average Bonchev–Trinajstić information content (AvgIpc) is 2.42. The molecule has 21 heavy (non-hydrogen) atoms. The van der Waals surface area contributed by atoms with Gasteiger partial charge in [0.15, 0.2) is 0 Å². The van der Waals surface area contributed by atoms with E-state index in [2.05, 4.69) is 5.32 Å². The van der Waals surface area contributed by atoms with Crippen LogP contribution in [0.4, 0.5) is 11.4 Å². The summed E-state index contributed by atoms with van der Waals surface area (Å²) in [6.45, 7) is 0. The Morgan fingerprint density at radius 1 is 1.38 bits per heavy atom. The molecule has 114 valence electrons. The van der Waals surface area contributed by atoms with Gasteiger partial charge in [0.2, 0.25) is 0 Å². The summed E-state index contributed by atoms with van der Waals surface area (Å²) in [4.78, 5) is 21.4. The number of carboxylic acid groups (broad SMARTS) is 1. The minimum Gasteiger partial charge on any atom is -0.478 e. The highest BCUT2D eigenvalue weighted by atomic mass is 35.5. The van der Waals surface area contributed by atoms with Crippen molar-refractivity contribution in [3.63, 3.8) is 0 Å². The molecule has 0 spiro atoms. The third-order valence-corrected chi connectivity index (χ3v) is 3.87. The molecule has 1 aliphatic rings. The number of anilines is 1. The van der Waals surface area contributed by atoms with E-state index in [0.29, 0.717) is 12.8 Å². The second kappa shape index (κ2) is 6.28. The van der Waals surface area contributed by atoms with Crippen LogP contribution in [0.1, 0.15) is 36.0 Å². The first-order valence-electron chi connectivity index (χ1n) is 6.56. The molecule has 8 heteroatoms. The number of rotatable bonds is 4. The summed E-state index contributed by atoms with van der Waals surface area (Å²) in [5.41, 5.74) is -0.542. The highest BCUT2D eigenvalue weighted by Crippen LogP contribution is 2.33. The third-order valence-electron chi connectivity index (χ3n) is 3.58. The van der Waals surface area contributed by atoms with Gasteiger partial charge in [-0.05, 0) is 12.8 Å². The maximum absolute atomic E-state index is 11.3. The molecule has 2 atom stereocenters. The van der Waals surface area contributed by atoms with Crippen LogP contribution in [0.15, 0.2) is 12.1 Å². The SMILES string of the molecule is O=C(O)c1cc([N+](=O)[O-])cc(Cl)c1NC1CCCCC1O. The molecule has 3 N–H and O–H groups in total. The second-order valence-electron chi connectivity index (χ2n) is 5.02. The van der Waals surface area contributed by atoms with Gasteiger partial charge in [-0.2, -0.15) is 0 Å². The molecule has 1 saturated carbocycles. The molecule has 0 radical (unpaired) electrons. The van der Waals surface area contributed by atoms with Crippen LogP contribution in [0.3, 0.4) is 0 Å². The average molecular weight is 315 g/mol. The van der Waals surface area contributed by atoms with E-state index in [-0.39, 0.29) is 28.0 Å². The van der Waals surface area contributed by atoms with Crippen molar-refractivity contribution in [1.82, 2.24) is 0 Å². The van der Waals surface area contributed by atoms with Crippen LogP contribution in [0.25, 0.3) is 0 Å². The van der Waals surface area contributed by atoms with Crippen molar-refractivity contribution in [2.24, 2.45) is 0 Å². The van der Waals surface area contributed by atoms with E-state index in [4.69, 9.17) is 11.6 Å². The van der Waals surface area contributed by atoms with Crippen LogP contribution in [-0.4, -0.2) is 33.3 Å². The van der Waals surface area contributed by atoms with Gasteiger partial charge >= 0.3 is 5.97 Å². The number of hydrogen-bond acceptors (Lipinski definition) is 5. The number of halogens is 1. The number of carbonyl (C=O) groups is 1. The van der Waals surface area contributed by atoms with Gasteiger partial charge in [-0.15, -0.1) is 0 Å². The van der Waals surface area contributed by atoms with Crippen LogP contribution < -0.4 is 5.32 Å². The first kappa shape index (κ1) is 15.5. The molecule has 1 aromatic rings. The molecule has 0 aliphatic heterocycles. The van der Waals surface area contributed by atoms with E-state index in [0.717, 1.165) is 25.0 Å². The number of nitrogens with zero attached hydrogens (tertiary/aromatic N) is 1. The van der Waals surface area contributed by atoms with Crippen molar-refractivity contribution in [2.45, 2.75) is 37.8 Å². The van der Waals surface area contributed by atoms with Crippen molar-refractivity contribution >= 4 is 28.9 Å². The Morgan fingerprint density at radius 3 is 2.62 bits per heavy atom. The molecule has 7 nitrogen and oxygen atoms in total. The second-order valence-corrected chi connectivity index (χ2v) is 5.42. The molecule has 0 aromatic heterocycles. The fraction of sp³-hybridized carbons (Fsp3) is 0.462. The topological polar surface area (TPSA) is 113 Å². The highest BCUT2D eigenvalue weighted by Gasteiger charge is 2.27. The zero-order valence-electron chi connectivity index (χ0n) is 11.1. The van der Waals surface area contributed by atoms with E-state index in [1.165, 1.54) is 0 Å². The first-order valence-corrected chi connectivity index (χ1v) is 6.93. The van der Waals surface area contributed by atoms with E-state index in [9.17, 15) is 25.1 Å². The number of nitro groups is 1. The van der Waals surface area contributed by atoms with Crippen molar-refractivity contribution in [3.8, 4) is 0 Å². The summed E-state index contributed by atoms with van der Waals surface area (Å²) < 4.78 is 0. The van der Waals surface area contributed by atoms with Crippen molar-refractivity contribution in [2.75, 3.05) is 5.32 Å². The monoisotopic (exact) mass is 314 g/mol. The molecule has 0 amide bonds. The quantitative estimate of drug-likeness (QED) is 0.581. The van der Waals surface area contributed by atoms with Gasteiger partial charge in [0, 0.05) is 12.1 Å². The Bertz CT molecular complexity index is 578. The zero-order chi connectivity index (χ0) is 15.6. The number of aliphatic hydroxyl groups is 1. The Morgan fingerprint density at radius 2 is 2.05 bits per heavy atom. The maximum atomic E-state index is 11.3. The molecule has 0 heterocycles. The van der Waals surface area contributed by atoms with Crippen LogP contribution >= 0.6 is 11.6 Å². The summed E-state index contributed by atoms with van der Waals surface area (Å²) in [5.74, 6) is -1.31. The molecule has 2 unspecified atom stereocenters. The van der Waals surface area contributed by atoms with E-state index in [1.807, 2.05) is 0 Å². The van der Waals surface area contributed by atoms with Gasteiger partial charge in [0.05, 0.1) is 33.3 Å². The summed E-state index contributed by atoms with van der Waals surface area (Å²) in [6, 6.07) is 1.76. The smallest absolute Gasteiger partial charge is 0.338 e. The van der Waals surface area contributed by atoms with E-state index < -0.39 is 17.0 Å². The first-order chi connectivity index (χ1) is 9.90. The van der Waals surface area contributed by atoms with Crippen LogP contribution in [0.2, 0.25) is 5.02 Å². The van der Waals surface area contributed by atoms with Crippen molar-refractivity contribution < 1.29 is 19.9 Å². The number of benzene rings is 1. The summed E-state index contributed by atoms with van der Waals surface area (Å²) in [5, 5.41) is 32.8. The summed E-state index contributed by atoms with van der Waals surface area (Å²) in [7, 11) is 0. The normalized spacial score (nSPS) is 21.8. The summed E-state index contributed by atoms with van der Waals surface area (Å²) in [6.07, 6.45) is 2.56. The Balaban J connectivity index is 2.37. The van der Waals surface area contributed by atoms with Gasteiger partial charge in [-0.1, -0.05) is 24.4 Å². The zero-order valence-corrected chi connectivity index (χ0v) is 11.8. The molecule has 1 aliphatic carbocycles. The fourth-order valence-corrected chi connectivity index (χ4v) is 2.75. The Labute approximate surface area is 125 Å². The standard InChI is InChI=1S/C13H15ClN2O5/c14-9-6-7(16(20)21)5-8(13(18)19)12(9)15-10-3-1-2-4-11(10)17/h5-6,10-11,15,17H,1-4H2,(H,18,19).